The van der Waals surface area contributed by atoms with Crippen LogP contribution in [0, 0.1) is 17.0 Å². The zero-order valence-electron chi connectivity index (χ0n) is 9.57. The Morgan fingerprint density at radius 3 is 2.67 bits per heavy atom. The molecule has 1 heterocycles. The molecule has 0 aliphatic heterocycles. The monoisotopic (exact) mass is 213 g/mol. The second-order valence-electron chi connectivity index (χ2n) is 3.73. The SMILES string of the molecule is CC[NH+](C)Cc1c([N+](=O)[O-])nc(C)n1C. The van der Waals surface area contributed by atoms with Crippen molar-refractivity contribution >= 4 is 5.82 Å². The molecule has 6 nitrogen and oxygen atoms in total. The molecule has 1 rings (SSSR count). The first-order valence-corrected chi connectivity index (χ1v) is 4.95. The number of quaternary nitrogens is 1. The third-order valence-corrected chi connectivity index (χ3v) is 2.66. The standard InChI is InChI=1S/C9H16N4O2/c1-5-11(3)6-8-9(13(14)15)10-7(2)12(8)4/h5-6H2,1-4H3/p+1. The van der Waals surface area contributed by atoms with Gasteiger partial charge >= 0.3 is 5.82 Å². The van der Waals surface area contributed by atoms with Gasteiger partial charge in [-0.2, -0.15) is 0 Å². The Labute approximate surface area is 88.7 Å². The van der Waals surface area contributed by atoms with E-state index in [1.807, 2.05) is 21.0 Å². The summed E-state index contributed by atoms with van der Waals surface area (Å²) in [6, 6.07) is 0. The highest BCUT2D eigenvalue weighted by Crippen LogP contribution is 2.16. The van der Waals surface area contributed by atoms with Crippen LogP contribution in [-0.2, 0) is 13.6 Å². The zero-order chi connectivity index (χ0) is 11.6. The molecular weight excluding hydrogens is 196 g/mol. The average Bonchev–Trinajstić information content (AvgIpc) is 2.46. The summed E-state index contributed by atoms with van der Waals surface area (Å²) in [6.45, 7) is 5.38. The number of imidazole rings is 1. The van der Waals surface area contributed by atoms with Crippen molar-refractivity contribution in [2.24, 2.45) is 7.05 Å². The average molecular weight is 213 g/mol. The number of nitrogens with zero attached hydrogens (tertiary/aromatic N) is 3. The number of rotatable bonds is 4. The van der Waals surface area contributed by atoms with Gasteiger partial charge in [0.15, 0.2) is 5.69 Å². The molecule has 1 aromatic heterocycles. The topological polar surface area (TPSA) is 65.4 Å². The van der Waals surface area contributed by atoms with Crippen LogP contribution >= 0.6 is 0 Å². The van der Waals surface area contributed by atoms with Crippen LogP contribution in [0.5, 0.6) is 0 Å². The maximum Gasteiger partial charge on any atom is 0.391 e. The summed E-state index contributed by atoms with van der Waals surface area (Å²) in [4.78, 5) is 15.5. The van der Waals surface area contributed by atoms with Gasteiger partial charge in [-0.05, 0) is 16.8 Å². The fraction of sp³-hybridized carbons (Fsp3) is 0.667. The van der Waals surface area contributed by atoms with Gasteiger partial charge in [-0.3, -0.25) is 0 Å². The van der Waals surface area contributed by atoms with Gasteiger partial charge in [-0.15, -0.1) is 0 Å². The predicted molar refractivity (Wildman–Crippen MR) is 55.7 cm³/mol. The van der Waals surface area contributed by atoms with Crippen LogP contribution in [0.4, 0.5) is 5.82 Å². The fourth-order valence-corrected chi connectivity index (χ4v) is 1.39. The zero-order valence-corrected chi connectivity index (χ0v) is 9.57. The Balaban J connectivity index is 3.08. The van der Waals surface area contributed by atoms with Crippen LogP contribution in [0.15, 0.2) is 0 Å². The largest absolute Gasteiger partial charge is 0.391 e. The summed E-state index contributed by atoms with van der Waals surface area (Å²) >= 11 is 0. The molecule has 6 heteroatoms. The van der Waals surface area contributed by atoms with Gasteiger partial charge in [-0.1, -0.05) is 0 Å². The van der Waals surface area contributed by atoms with E-state index in [-0.39, 0.29) is 5.82 Å². The summed E-state index contributed by atoms with van der Waals surface area (Å²) in [5.74, 6) is 0.670. The van der Waals surface area contributed by atoms with Gasteiger partial charge in [0.2, 0.25) is 5.82 Å². The van der Waals surface area contributed by atoms with E-state index in [4.69, 9.17) is 0 Å². The lowest BCUT2D eigenvalue weighted by molar-refractivity contribution is -0.892. The summed E-state index contributed by atoms with van der Waals surface area (Å²) in [5.41, 5.74) is 0.692. The molecule has 1 unspecified atom stereocenters. The maximum atomic E-state index is 10.8. The van der Waals surface area contributed by atoms with Gasteiger partial charge < -0.3 is 19.6 Å². The first kappa shape index (κ1) is 11.6. The van der Waals surface area contributed by atoms with Crippen LogP contribution in [0.25, 0.3) is 0 Å². The number of aryl methyl sites for hydroxylation is 1. The Morgan fingerprint density at radius 1 is 1.60 bits per heavy atom. The normalized spacial score (nSPS) is 12.8. The minimum absolute atomic E-state index is 0.0113. The Morgan fingerprint density at radius 2 is 2.20 bits per heavy atom. The molecule has 15 heavy (non-hydrogen) atoms. The molecule has 1 aromatic rings. The van der Waals surface area contributed by atoms with E-state index in [1.54, 1.807) is 11.5 Å². The van der Waals surface area contributed by atoms with E-state index in [1.165, 1.54) is 4.90 Å². The minimum Gasteiger partial charge on any atom is -0.358 e. The molecule has 0 saturated carbocycles. The van der Waals surface area contributed by atoms with Gasteiger partial charge in [0.1, 0.15) is 6.54 Å². The first-order valence-electron chi connectivity index (χ1n) is 4.95. The molecule has 0 radical (unpaired) electrons. The molecule has 84 valence electrons. The quantitative estimate of drug-likeness (QED) is 0.550. The molecular formula is C9H17N4O2+. The fourth-order valence-electron chi connectivity index (χ4n) is 1.39. The number of nitro groups is 1. The predicted octanol–water partition coefficient (Wildman–Crippen LogP) is -0.329. The van der Waals surface area contributed by atoms with Crippen molar-refractivity contribution in [3.8, 4) is 0 Å². The van der Waals surface area contributed by atoms with Crippen LogP contribution in [0.2, 0.25) is 0 Å². The van der Waals surface area contributed by atoms with E-state index >= 15 is 0 Å². The highest BCUT2D eigenvalue weighted by molar-refractivity contribution is 5.28. The maximum absolute atomic E-state index is 10.8. The molecule has 0 aromatic carbocycles. The second-order valence-corrected chi connectivity index (χ2v) is 3.73. The highest BCUT2D eigenvalue weighted by atomic mass is 16.6. The van der Waals surface area contributed by atoms with E-state index < -0.39 is 4.92 Å². The number of hydrogen-bond donors (Lipinski definition) is 1. The van der Waals surface area contributed by atoms with Crippen LogP contribution in [-0.4, -0.2) is 28.1 Å². The summed E-state index contributed by atoms with van der Waals surface area (Å²) in [5, 5.41) is 10.8. The van der Waals surface area contributed by atoms with Crippen LogP contribution < -0.4 is 4.90 Å². The third-order valence-electron chi connectivity index (χ3n) is 2.66. The molecule has 0 amide bonds. The highest BCUT2D eigenvalue weighted by Gasteiger charge is 2.25. The lowest BCUT2D eigenvalue weighted by atomic mass is 10.4. The molecule has 1 atom stereocenters. The number of nitrogens with one attached hydrogen (secondary N) is 1. The number of hydrogen-bond acceptors (Lipinski definition) is 3. The van der Waals surface area contributed by atoms with Crippen molar-refractivity contribution < 1.29 is 9.82 Å². The third kappa shape index (κ3) is 2.33. The van der Waals surface area contributed by atoms with Crippen molar-refractivity contribution in [3.05, 3.63) is 21.6 Å². The van der Waals surface area contributed by atoms with E-state index in [2.05, 4.69) is 4.98 Å². The minimum atomic E-state index is -0.411. The van der Waals surface area contributed by atoms with Gasteiger partial charge in [-0.25, -0.2) is 0 Å². The van der Waals surface area contributed by atoms with Crippen molar-refractivity contribution in [1.29, 1.82) is 0 Å². The molecule has 0 spiro atoms. The molecule has 0 aliphatic rings. The summed E-state index contributed by atoms with van der Waals surface area (Å²) in [7, 11) is 3.82. The number of aromatic nitrogens is 2. The molecule has 0 bridgehead atoms. The van der Waals surface area contributed by atoms with Gasteiger partial charge in [0.05, 0.1) is 13.6 Å². The lowest BCUT2D eigenvalue weighted by Crippen LogP contribution is -3.07. The smallest absolute Gasteiger partial charge is 0.358 e. The van der Waals surface area contributed by atoms with E-state index in [0.717, 1.165) is 6.54 Å². The summed E-state index contributed by atoms with van der Waals surface area (Å²) < 4.78 is 1.79. The van der Waals surface area contributed by atoms with E-state index in [0.29, 0.717) is 18.1 Å². The Kier molecular flexibility index (Phi) is 3.41. The van der Waals surface area contributed by atoms with Crippen molar-refractivity contribution in [3.63, 3.8) is 0 Å². The molecule has 1 N–H and O–H groups in total. The van der Waals surface area contributed by atoms with Crippen molar-refractivity contribution in [1.82, 2.24) is 9.55 Å². The molecule has 0 aliphatic carbocycles. The van der Waals surface area contributed by atoms with Crippen molar-refractivity contribution in [2.45, 2.75) is 20.4 Å². The summed E-state index contributed by atoms with van der Waals surface area (Å²) in [6.07, 6.45) is 0. The molecule has 0 saturated heterocycles. The second kappa shape index (κ2) is 4.39. The molecule has 0 fully saturated rings. The van der Waals surface area contributed by atoms with E-state index in [9.17, 15) is 10.1 Å². The first-order chi connectivity index (χ1) is 6.97. The van der Waals surface area contributed by atoms with Crippen LogP contribution in [0.1, 0.15) is 18.4 Å². The van der Waals surface area contributed by atoms with Crippen LogP contribution in [0.3, 0.4) is 0 Å². The Bertz CT molecular complexity index is 372. The van der Waals surface area contributed by atoms with Gasteiger partial charge in [0.25, 0.3) is 0 Å². The van der Waals surface area contributed by atoms with Crippen molar-refractivity contribution in [2.75, 3.05) is 13.6 Å². The van der Waals surface area contributed by atoms with Gasteiger partial charge in [0, 0.05) is 14.0 Å². The lowest BCUT2D eigenvalue weighted by Gasteiger charge is -2.10. The Hall–Kier alpha value is -1.43.